The average Bonchev–Trinajstić information content (AvgIpc) is 3.33. The fraction of sp³-hybridized carbons (Fsp3) is 0.263. The largest absolute Gasteiger partial charge is 0.486 e. The number of amides is 1. The number of nitro benzene ring substituents is 1. The Balaban J connectivity index is 1.54. The van der Waals surface area contributed by atoms with E-state index in [0.717, 1.165) is 12.1 Å². The van der Waals surface area contributed by atoms with Gasteiger partial charge in [0.2, 0.25) is 0 Å². The van der Waals surface area contributed by atoms with E-state index in [-0.39, 0.29) is 24.0 Å². The van der Waals surface area contributed by atoms with Crippen LogP contribution in [-0.4, -0.2) is 20.6 Å². The lowest BCUT2D eigenvalue weighted by molar-refractivity contribution is -0.385. The molecule has 2 aromatic heterocycles. The number of hydrogen-bond donors (Lipinski definition) is 1. The van der Waals surface area contributed by atoms with E-state index in [4.69, 9.17) is 9.15 Å². The number of carbonyl (C=O) groups excluding carboxylic acids is 1. The standard InChI is InChI=1S/C19H20N4O5/c1-3-22-11-14(10-21-22)9-20-19(24)18-7-5-16(28-18)12-27-15-4-6-17(23(25)26)13(2)8-15/h4-8,10-11H,3,9,12H2,1-2H3,(H,20,24). The highest BCUT2D eigenvalue weighted by Gasteiger charge is 2.13. The van der Waals surface area contributed by atoms with Crippen molar-refractivity contribution < 1.29 is 18.9 Å². The highest BCUT2D eigenvalue weighted by Crippen LogP contribution is 2.24. The summed E-state index contributed by atoms with van der Waals surface area (Å²) >= 11 is 0. The summed E-state index contributed by atoms with van der Waals surface area (Å²) in [6.45, 7) is 4.86. The maximum absolute atomic E-state index is 12.2. The summed E-state index contributed by atoms with van der Waals surface area (Å²) in [6.07, 6.45) is 3.57. The fourth-order valence-corrected chi connectivity index (χ4v) is 2.59. The van der Waals surface area contributed by atoms with Gasteiger partial charge in [0.25, 0.3) is 11.6 Å². The van der Waals surface area contributed by atoms with Crippen LogP contribution < -0.4 is 10.1 Å². The molecule has 28 heavy (non-hydrogen) atoms. The van der Waals surface area contributed by atoms with E-state index in [0.29, 0.717) is 23.6 Å². The lowest BCUT2D eigenvalue weighted by Crippen LogP contribution is -2.22. The monoisotopic (exact) mass is 384 g/mol. The summed E-state index contributed by atoms with van der Waals surface area (Å²) in [5.74, 6) is 0.807. The first kappa shape index (κ1) is 19.2. The minimum Gasteiger partial charge on any atom is -0.486 e. The van der Waals surface area contributed by atoms with Crippen molar-refractivity contribution in [2.24, 2.45) is 0 Å². The van der Waals surface area contributed by atoms with E-state index < -0.39 is 4.92 Å². The molecule has 0 saturated carbocycles. The van der Waals surface area contributed by atoms with Crippen molar-refractivity contribution in [3.63, 3.8) is 0 Å². The van der Waals surface area contributed by atoms with E-state index >= 15 is 0 Å². The van der Waals surface area contributed by atoms with Gasteiger partial charge in [-0.15, -0.1) is 0 Å². The van der Waals surface area contributed by atoms with Gasteiger partial charge in [0.15, 0.2) is 5.76 Å². The van der Waals surface area contributed by atoms with Crippen LogP contribution in [0.1, 0.15) is 34.4 Å². The first-order valence-electron chi connectivity index (χ1n) is 8.72. The summed E-state index contributed by atoms with van der Waals surface area (Å²) in [4.78, 5) is 22.6. The molecule has 0 atom stereocenters. The van der Waals surface area contributed by atoms with Crippen molar-refractivity contribution in [1.29, 1.82) is 0 Å². The number of aryl methyl sites for hydroxylation is 2. The maximum atomic E-state index is 12.2. The number of furan rings is 1. The third kappa shape index (κ3) is 4.56. The predicted octanol–water partition coefficient (Wildman–Crippen LogP) is 3.22. The molecule has 1 amide bonds. The van der Waals surface area contributed by atoms with Crippen LogP contribution in [0.2, 0.25) is 0 Å². The van der Waals surface area contributed by atoms with Crippen LogP contribution >= 0.6 is 0 Å². The molecule has 1 N–H and O–H groups in total. The van der Waals surface area contributed by atoms with Crippen molar-refractivity contribution >= 4 is 11.6 Å². The number of carbonyl (C=O) groups is 1. The Kier molecular flexibility index (Phi) is 5.73. The molecule has 3 aromatic rings. The Hall–Kier alpha value is -3.62. The molecule has 9 nitrogen and oxygen atoms in total. The Morgan fingerprint density at radius 3 is 2.86 bits per heavy atom. The summed E-state index contributed by atoms with van der Waals surface area (Å²) in [7, 11) is 0. The lowest BCUT2D eigenvalue weighted by atomic mass is 10.2. The molecule has 0 unspecified atom stereocenters. The normalized spacial score (nSPS) is 10.6. The molecule has 0 saturated heterocycles. The summed E-state index contributed by atoms with van der Waals surface area (Å²) < 4.78 is 12.9. The van der Waals surface area contributed by atoms with Gasteiger partial charge < -0.3 is 14.5 Å². The Bertz CT molecular complexity index is 992. The van der Waals surface area contributed by atoms with Crippen LogP contribution in [0, 0.1) is 17.0 Å². The molecule has 0 spiro atoms. The van der Waals surface area contributed by atoms with Crippen LogP contribution in [0.4, 0.5) is 5.69 Å². The number of nitrogens with zero attached hydrogens (tertiary/aromatic N) is 3. The molecule has 146 valence electrons. The third-order valence-electron chi connectivity index (χ3n) is 4.10. The van der Waals surface area contributed by atoms with Gasteiger partial charge in [0, 0.05) is 36.5 Å². The Labute approximate surface area is 161 Å². The molecule has 0 fully saturated rings. The van der Waals surface area contributed by atoms with Gasteiger partial charge in [-0.2, -0.15) is 5.10 Å². The zero-order chi connectivity index (χ0) is 20.1. The molecule has 0 radical (unpaired) electrons. The number of rotatable bonds is 8. The van der Waals surface area contributed by atoms with E-state index in [2.05, 4.69) is 10.4 Å². The second-order valence-corrected chi connectivity index (χ2v) is 6.15. The molecule has 0 aliphatic carbocycles. The minimum absolute atomic E-state index is 0.0359. The van der Waals surface area contributed by atoms with Gasteiger partial charge in [0.05, 0.1) is 11.1 Å². The summed E-state index contributed by atoms with van der Waals surface area (Å²) in [5.41, 5.74) is 1.45. The smallest absolute Gasteiger partial charge is 0.287 e. The molecule has 0 bridgehead atoms. The number of hydrogen-bond acceptors (Lipinski definition) is 6. The molecule has 2 heterocycles. The van der Waals surface area contributed by atoms with Crippen molar-refractivity contribution in [3.05, 3.63) is 75.5 Å². The molecule has 3 rings (SSSR count). The average molecular weight is 384 g/mol. The molecule has 0 aliphatic heterocycles. The number of nitrogens with one attached hydrogen (secondary N) is 1. The lowest BCUT2D eigenvalue weighted by Gasteiger charge is -2.05. The zero-order valence-corrected chi connectivity index (χ0v) is 15.5. The molecular formula is C19H20N4O5. The second kappa shape index (κ2) is 8.38. The number of benzene rings is 1. The summed E-state index contributed by atoms with van der Waals surface area (Å²) in [6, 6.07) is 7.74. The van der Waals surface area contributed by atoms with Crippen LogP contribution in [-0.2, 0) is 19.7 Å². The number of nitro groups is 1. The second-order valence-electron chi connectivity index (χ2n) is 6.15. The quantitative estimate of drug-likeness (QED) is 0.471. The third-order valence-corrected chi connectivity index (χ3v) is 4.10. The van der Waals surface area contributed by atoms with E-state index in [9.17, 15) is 14.9 Å². The van der Waals surface area contributed by atoms with Crippen LogP contribution in [0.5, 0.6) is 5.75 Å². The molecule has 1 aromatic carbocycles. The first-order chi connectivity index (χ1) is 13.5. The van der Waals surface area contributed by atoms with Gasteiger partial charge in [-0.05, 0) is 38.1 Å². The molecule has 0 aliphatic rings. The van der Waals surface area contributed by atoms with Gasteiger partial charge in [0.1, 0.15) is 18.1 Å². The first-order valence-corrected chi connectivity index (χ1v) is 8.72. The van der Waals surface area contributed by atoms with Gasteiger partial charge >= 0.3 is 0 Å². The molecular weight excluding hydrogens is 364 g/mol. The number of ether oxygens (including phenoxy) is 1. The highest BCUT2D eigenvalue weighted by molar-refractivity contribution is 5.91. The predicted molar refractivity (Wildman–Crippen MR) is 99.9 cm³/mol. The molecule has 9 heteroatoms. The fourth-order valence-electron chi connectivity index (χ4n) is 2.59. The topological polar surface area (TPSA) is 112 Å². The zero-order valence-electron chi connectivity index (χ0n) is 15.5. The van der Waals surface area contributed by atoms with Crippen molar-refractivity contribution in [1.82, 2.24) is 15.1 Å². The van der Waals surface area contributed by atoms with Crippen LogP contribution in [0.25, 0.3) is 0 Å². The van der Waals surface area contributed by atoms with Crippen molar-refractivity contribution in [3.8, 4) is 5.75 Å². The van der Waals surface area contributed by atoms with Crippen molar-refractivity contribution in [2.45, 2.75) is 33.5 Å². The maximum Gasteiger partial charge on any atom is 0.287 e. The number of aromatic nitrogens is 2. The van der Waals surface area contributed by atoms with Crippen molar-refractivity contribution in [2.75, 3.05) is 0 Å². The Morgan fingerprint density at radius 2 is 2.18 bits per heavy atom. The minimum atomic E-state index is -0.441. The highest BCUT2D eigenvalue weighted by atomic mass is 16.6. The van der Waals surface area contributed by atoms with Gasteiger partial charge in [-0.25, -0.2) is 0 Å². The Morgan fingerprint density at radius 1 is 1.36 bits per heavy atom. The van der Waals surface area contributed by atoms with Gasteiger partial charge in [-0.1, -0.05) is 0 Å². The summed E-state index contributed by atoms with van der Waals surface area (Å²) in [5, 5.41) is 17.8. The van der Waals surface area contributed by atoms with E-state index in [1.165, 1.54) is 12.1 Å². The van der Waals surface area contributed by atoms with E-state index in [1.807, 2.05) is 13.1 Å². The van der Waals surface area contributed by atoms with Crippen LogP contribution in [0.3, 0.4) is 0 Å². The van der Waals surface area contributed by atoms with Crippen LogP contribution in [0.15, 0.2) is 47.1 Å². The van der Waals surface area contributed by atoms with E-state index in [1.54, 1.807) is 36.0 Å². The van der Waals surface area contributed by atoms with Gasteiger partial charge in [-0.3, -0.25) is 19.6 Å². The SMILES string of the molecule is CCn1cc(CNC(=O)c2ccc(COc3ccc([N+](=O)[O-])c(C)c3)o2)cn1.